The highest BCUT2D eigenvalue weighted by Gasteiger charge is 2.49. The largest absolute Gasteiger partial charge is 0.379 e. The Kier molecular flexibility index (Phi) is 4.47. The van der Waals surface area contributed by atoms with Gasteiger partial charge in [-0.1, -0.05) is 6.07 Å². The van der Waals surface area contributed by atoms with Gasteiger partial charge in [-0.25, -0.2) is 9.97 Å². The van der Waals surface area contributed by atoms with Gasteiger partial charge in [0.2, 0.25) is 5.95 Å². The Labute approximate surface area is 187 Å². The molecule has 0 unspecified atom stereocenters. The Morgan fingerprint density at radius 2 is 1.81 bits per heavy atom. The van der Waals surface area contributed by atoms with E-state index >= 15 is 0 Å². The normalized spacial score (nSPS) is 18.7. The number of amides is 1. The van der Waals surface area contributed by atoms with Crippen LogP contribution in [-0.4, -0.2) is 58.6 Å². The molecule has 7 nitrogen and oxygen atoms in total. The first-order valence-electron chi connectivity index (χ1n) is 11.2. The third-order valence-corrected chi connectivity index (χ3v) is 6.81. The van der Waals surface area contributed by atoms with Gasteiger partial charge in [-0.2, -0.15) is 0 Å². The fraction of sp³-hybridized carbons (Fsp3) is 0.360. The molecule has 1 aromatic carbocycles. The summed E-state index contributed by atoms with van der Waals surface area (Å²) in [6.45, 7) is 5.85. The van der Waals surface area contributed by atoms with Crippen molar-refractivity contribution in [3.8, 4) is 11.3 Å². The van der Waals surface area contributed by atoms with Gasteiger partial charge >= 0.3 is 0 Å². The van der Waals surface area contributed by atoms with Crippen LogP contribution in [0.25, 0.3) is 11.3 Å². The van der Waals surface area contributed by atoms with Gasteiger partial charge in [0.15, 0.2) is 0 Å². The second-order valence-corrected chi connectivity index (χ2v) is 9.08. The molecule has 3 aliphatic rings. The topological polar surface area (TPSA) is 71.5 Å². The van der Waals surface area contributed by atoms with Crippen molar-refractivity contribution < 1.29 is 9.53 Å². The quantitative estimate of drug-likeness (QED) is 0.637. The minimum atomic E-state index is -0.0509. The zero-order chi connectivity index (χ0) is 21.7. The zero-order valence-corrected chi connectivity index (χ0v) is 18.1. The lowest BCUT2D eigenvalue weighted by Gasteiger charge is -2.38. The minimum absolute atomic E-state index is 0.0509. The van der Waals surface area contributed by atoms with Crippen LogP contribution in [0.4, 0.5) is 11.6 Å². The molecule has 3 aliphatic heterocycles. The molecule has 0 atom stereocenters. The van der Waals surface area contributed by atoms with Gasteiger partial charge in [-0.15, -0.1) is 0 Å². The third-order valence-electron chi connectivity index (χ3n) is 6.81. The molecule has 0 N–H and O–H groups in total. The molecule has 0 bridgehead atoms. The fourth-order valence-electron chi connectivity index (χ4n) is 4.97. The summed E-state index contributed by atoms with van der Waals surface area (Å²) in [5, 5.41) is 0. The van der Waals surface area contributed by atoms with Crippen LogP contribution in [0.2, 0.25) is 0 Å². The molecule has 3 aromatic rings. The first kappa shape index (κ1) is 19.4. The number of anilines is 2. The molecule has 6 rings (SSSR count). The Morgan fingerprint density at radius 1 is 1.03 bits per heavy atom. The number of nitrogens with zero attached hydrogens (tertiary/aromatic N) is 5. The van der Waals surface area contributed by atoms with Crippen molar-refractivity contribution in [2.45, 2.75) is 25.2 Å². The number of hydrogen-bond donors (Lipinski definition) is 0. The predicted octanol–water partition coefficient (Wildman–Crippen LogP) is 3.50. The number of carbonyl (C=O) groups excluding carboxylic acids is 1. The number of hydrogen-bond acceptors (Lipinski definition) is 6. The third kappa shape index (κ3) is 3.07. The van der Waals surface area contributed by atoms with Crippen molar-refractivity contribution >= 4 is 17.5 Å². The number of aromatic nitrogens is 3. The average Bonchev–Trinajstić information content (AvgIpc) is 3.45. The molecule has 162 valence electrons. The van der Waals surface area contributed by atoms with Crippen molar-refractivity contribution in [3.63, 3.8) is 0 Å². The molecule has 2 fully saturated rings. The summed E-state index contributed by atoms with van der Waals surface area (Å²) in [6.07, 6.45) is 7.61. The summed E-state index contributed by atoms with van der Waals surface area (Å²) in [5.74, 6) is 0.745. The predicted molar refractivity (Wildman–Crippen MR) is 121 cm³/mol. The van der Waals surface area contributed by atoms with Gasteiger partial charge in [-0.3, -0.25) is 9.78 Å². The molecule has 2 saturated heterocycles. The number of likely N-dealkylation sites (tertiary alicyclic amines) is 1. The number of rotatable bonds is 3. The summed E-state index contributed by atoms with van der Waals surface area (Å²) in [5.41, 5.74) is 5.81. The number of fused-ring (bicyclic) bond motifs is 2. The summed E-state index contributed by atoms with van der Waals surface area (Å²) in [7, 11) is 0. The maximum atomic E-state index is 13.0. The van der Waals surface area contributed by atoms with E-state index in [9.17, 15) is 4.79 Å². The number of carbonyl (C=O) groups is 1. The fourth-order valence-corrected chi connectivity index (χ4v) is 4.97. The second-order valence-electron chi connectivity index (χ2n) is 9.08. The Balaban J connectivity index is 1.35. The smallest absolute Gasteiger partial charge is 0.253 e. The standard InChI is InChI=1S/C25H25N5O2/c1-17-6-7-26-21(10-17)19-12-27-24(28-13-19)30-14-25(15-32-16-25)20-5-4-18(11-22(20)30)23(31)29-8-2-3-9-29/h4-7,10-13H,2-3,8-9,14-16H2,1H3. The van der Waals surface area contributed by atoms with Gasteiger partial charge < -0.3 is 14.5 Å². The minimum Gasteiger partial charge on any atom is -0.379 e. The maximum Gasteiger partial charge on any atom is 0.253 e. The van der Waals surface area contributed by atoms with E-state index in [0.717, 1.165) is 60.5 Å². The molecular weight excluding hydrogens is 402 g/mol. The van der Waals surface area contributed by atoms with Gasteiger partial charge in [-0.05, 0) is 55.2 Å². The Morgan fingerprint density at radius 3 is 2.50 bits per heavy atom. The van der Waals surface area contributed by atoms with Crippen LogP contribution in [0.15, 0.2) is 48.9 Å². The molecule has 0 radical (unpaired) electrons. The Bertz CT molecular complexity index is 1180. The van der Waals surface area contributed by atoms with E-state index in [2.05, 4.69) is 25.9 Å². The molecule has 5 heterocycles. The van der Waals surface area contributed by atoms with Gasteiger partial charge in [0, 0.05) is 55.0 Å². The summed E-state index contributed by atoms with van der Waals surface area (Å²) in [6, 6.07) is 10.1. The Hall–Kier alpha value is -3.32. The molecule has 1 spiro atoms. The second kappa shape index (κ2) is 7.38. The lowest BCUT2D eigenvalue weighted by atomic mass is 9.80. The van der Waals surface area contributed by atoms with Crippen LogP contribution in [-0.2, 0) is 10.2 Å². The van der Waals surface area contributed by atoms with E-state index < -0.39 is 0 Å². The summed E-state index contributed by atoms with van der Waals surface area (Å²) in [4.78, 5) is 30.9. The average molecular weight is 428 g/mol. The van der Waals surface area contributed by atoms with E-state index in [1.807, 2.05) is 48.5 Å². The molecule has 7 heteroatoms. The molecule has 2 aromatic heterocycles. The number of benzene rings is 1. The summed E-state index contributed by atoms with van der Waals surface area (Å²) >= 11 is 0. The zero-order valence-electron chi connectivity index (χ0n) is 18.1. The summed E-state index contributed by atoms with van der Waals surface area (Å²) < 4.78 is 5.60. The van der Waals surface area contributed by atoms with E-state index in [4.69, 9.17) is 4.74 Å². The molecule has 1 amide bonds. The van der Waals surface area contributed by atoms with Gasteiger partial charge in [0.25, 0.3) is 5.91 Å². The van der Waals surface area contributed by atoms with Crippen LogP contribution < -0.4 is 4.90 Å². The van der Waals surface area contributed by atoms with Crippen LogP contribution >= 0.6 is 0 Å². The monoisotopic (exact) mass is 427 g/mol. The number of pyridine rings is 1. The molecule has 0 saturated carbocycles. The first-order chi connectivity index (χ1) is 15.6. The van der Waals surface area contributed by atoms with E-state index in [1.54, 1.807) is 6.20 Å². The molecular formula is C25H25N5O2. The maximum absolute atomic E-state index is 13.0. The highest BCUT2D eigenvalue weighted by atomic mass is 16.5. The van der Waals surface area contributed by atoms with Crippen LogP contribution in [0.3, 0.4) is 0 Å². The van der Waals surface area contributed by atoms with Gasteiger partial charge in [0.1, 0.15) is 0 Å². The van der Waals surface area contributed by atoms with E-state index in [0.29, 0.717) is 19.2 Å². The lowest BCUT2D eigenvalue weighted by molar-refractivity contribution is -0.0507. The lowest BCUT2D eigenvalue weighted by Crippen LogP contribution is -2.49. The molecule has 32 heavy (non-hydrogen) atoms. The highest BCUT2D eigenvalue weighted by Crippen LogP contribution is 2.48. The highest BCUT2D eigenvalue weighted by molar-refractivity contribution is 5.96. The molecule has 0 aliphatic carbocycles. The number of ether oxygens (including phenoxy) is 1. The first-order valence-corrected chi connectivity index (χ1v) is 11.2. The number of aryl methyl sites for hydroxylation is 1. The van der Waals surface area contributed by atoms with Crippen LogP contribution in [0, 0.1) is 6.92 Å². The van der Waals surface area contributed by atoms with Crippen molar-refractivity contribution in [2.24, 2.45) is 0 Å². The van der Waals surface area contributed by atoms with Gasteiger partial charge in [0.05, 0.1) is 24.3 Å². The van der Waals surface area contributed by atoms with E-state index in [1.165, 1.54) is 5.56 Å². The SMILES string of the molecule is Cc1ccnc(-c2cnc(N3CC4(COC4)c4ccc(C(=O)N5CCCC5)cc43)nc2)c1. The van der Waals surface area contributed by atoms with Crippen LogP contribution in [0.5, 0.6) is 0 Å². The van der Waals surface area contributed by atoms with Crippen LogP contribution in [0.1, 0.15) is 34.3 Å². The van der Waals surface area contributed by atoms with Crippen molar-refractivity contribution in [2.75, 3.05) is 37.7 Å². The van der Waals surface area contributed by atoms with Crippen molar-refractivity contribution in [1.29, 1.82) is 0 Å². The van der Waals surface area contributed by atoms with Crippen molar-refractivity contribution in [1.82, 2.24) is 19.9 Å². The van der Waals surface area contributed by atoms with E-state index in [-0.39, 0.29) is 11.3 Å². The van der Waals surface area contributed by atoms with Crippen molar-refractivity contribution in [3.05, 3.63) is 65.6 Å².